The van der Waals surface area contributed by atoms with E-state index in [0.29, 0.717) is 11.3 Å². The lowest BCUT2D eigenvalue weighted by atomic mass is 10.1. The standard InChI is InChI=1S/C16H16N4O2/c17-9-12-8-14(20-11-13(10-18-20)16(21)22)4-5-15(12)19-6-2-1-3-7-19/h4-5,8,10-11H,1-3,6-7H2,(H,21,22). The molecule has 1 saturated heterocycles. The molecule has 0 amide bonds. The third-order valence-corrected chi connectivity index (χ3v) is 3.89. The maximum atomic E-state index is 10.9. The van der Waals surface area contributed by atoms with Gasteiger partial charge in [-0.2, -0.15) is 10.4 Å². The van der Waals surface area contributed by atoms with E-state index in [1.165, 1.54) is 23.5 Å². The second-order valence-electron chi connectivity index (χ2n) is 5.34. The first-order chi connectivity index (χ1) is 10.7. The molecule has 0 aliphatic carbocycles. The Bertz CT molecular complexity index is 739. The third-order valence-electron chi connectivity index (χ3n) is 3.89. The van der Waals surface area contributed by atoms with Gasteiger partial charge in [0.2, 0.25) is 0 Å². The topological polar surface area (TPSA) is 82.1 Å². The minimum Gasteiger partial charge on any atom is -0.478 e. The zero-order valence-corrected chi connectivity index (χ0v) is 12.1. The second kappa shape index (κ2) is 5.90. The Kier molecular flexibility index (Phi) is 3.79. The summed E-state index contributed by atoms with van der Waals surface area (Å²) in [5.74, 6) is -1.02. The molecule has 0 atom stereocenters. The normalized spacial score (nSPS) is 14.6. The zero-order valence-electron chi connectivity index (χ0n) is 12.1. The molecule has 0 unspecified atom stereocenters. The highest BCUT2D eigenvalue weighted by Crippen LogP contribution is 2.26. The fourth-order valence-electron chi connectivity index (χ4n) is 2.74. The summed E-state index contributed by atoms with van der Waals surface area (Å²) in [6.45, 7) is 1.94. The van der Waals surface area contributed by atoms with Gasteiger partial charge in [0, 0.05) is 19.3 Å². The van der Waals surface area contributed by atoms with E-state index in [1.807, 2.05) is 12.1 Å². The van der Waals surface area contributed by atoms with Gasteiger partial charge in [0.1, 0.15) is 6.07 Å². The van der Waals surface area contributed by atoms with Crippen molar-refractivity contribution in [3.63, 3.8) is 0 Å². The predicted molar refractivity (Wildman–Crippen MR) is 81.3 cm³/mol. The fraction of sp³-hybridized carbons (Fsp3) is 0.312. The van der Waals surface area contributed by atoms with Gasteiger partial charge in [-0.1, -0.05) is 0 Å². The molecule has 3 rings (SSSR count). The molecular weight excluding hydrogens is 280 g/mol. The number of anilines is 1. The van der Waals surface area contributed by atoms with Gasteiger partial charge in [-0.3, -0.25) is 0 Å². The lowest BCUT2D eigenvalue weighted by molar-refractivity contribution is 0.0697. The van der Waals surface area contributed by atoms with E-state index in [0.717, 1.165) is 31.6 Å². The Hall–Kier alpha value is -2.81. The second-order valence-corrected chi connectivity index (χ2v) is 5.34. The number of aromatic carboxylic acids is 1. The minimum absolute atomic E-state index is 0.124. The molecule has 0 bridgehead atoms. The number of rotatable bonds is 3. The third kappa shape index (κ3) is 2.66. The predicted octanol–water partition coefficient (Wildman–Crippen LogP) is 2.43. The molecule has 0 saturated carbocycles. The number of hydrogen-bond acceptors (Lipinski definition) is 4. The summed E-state index contributed by atoms with van der Waals surface area (Å²) in [5, 5.41) is 22.4. The number of carboxylic acids is 1. The van der Waals surface area contributed by atoms with Crippen molar-refractivity contribution in [1.29, 1.82) is 5.26 Å². The molecule has 112 valence electrons. The van der Waals surface area contributed by atoms with E-state index in [1.54, 1.807) is 6.07 Å². The number of nitrogens with zero attached hydrogens (tertiary/aromatic N) is 4. The summed E-state index contributed by atoms with van der Waals surface area (Å²) >= 11 is 0. The molecule has 1 fully saturated rings. The molecule has 6 nitrogen and oxygen atoms in total. The molecule has 2 heterocycles. The van der Waals surface area contributed by atoms with Gasteiger partial charge in [0.25, 0.3) is 0 Å². The van der Waals surface area contributed by atoms with Crippen LogP contribution >= 0.6 is 0 Å². The summed E-state index contributed by atoms with van der Waals surface area (Å²) in [6.07, 6.45) is 6.27. The van der Waals surface area contributed by atoms with Crippen LogP contribution in [0.25, 0.3) is 5.69 Å². The Morgan fingerprint density at radius 1 is 1.27 bits per heavy atom. The Balaban J connectivity index is 1.94. The number of nitriles is 1. The molecule has 1 aliphatic heterocycles. The highest BCUT2D eigenvalue weighted by Gasteiger charge is 2.16. The highest BCUT2D eigenvalue weighted by atomic mass is 16.4. The van der Waals surface area contributed by atoms with E-state index in [-0.39, 0.29) is 5.56 Å². The number of piperidine rings is 1. The number of benzene rings is 1. The summed E-state index contributed by atoms with van der Waals surface area (Å²) in [7, 11) is 0. The molecular formula is C16H16N4O2. The monoisotopic (exact) mass is 296 g/mol. The van der Waals surface area contributed by atoms with Crippen LogP contribution in [-0.2, 0) is 0 Å². The largest absolute Gasteiger partial charge is 0.478 e. The van der Waals surface area contributed by atoms with E-state index in [9.17, 15) is 10.1 Å². The molecule has 22 heavy (non-hydrogen) atoms. The SMILES string of the molecule is N#Cc1cc(-n2cc(C(=O)O)cn2)ccc1N1CCCCC1. The van der Waals surface area contributed by atoms with Crippen molar-refractivity contribution in [2.75, 3.05) is 18.0 Å². The number of carbonyl (C=O) groups is 1. The maximum Gasteiger partial charge on any atom is 0.338 e. The van der Waals surface area contributed by atoms with E-state index >= 15 is 0 Å². The van der Waals surface area contributed by atoms with E-state index in [2.05, 4.69) is 16.1 Å². The Morgan fingerprint density at radius 3 is 2.68 bits per heavy atom. The molecule has 6 heteroatoms. The van der Waals surface area contributed by atoms with Gasteiger partial charge in [0.15, 0.2) is 0 Å². The van der Waals surface area contributed by atoms with Crippen molar-refractivity contribution in [3.8, 4) is 11.8 Å². The first-order valence-corrected chi connectivity index (χ1v) is 7.26. The smallest absolute Gasteiger partial charge is 0.338 e. The summed E-state index contributed by atoms with van der Waals surface area (Å²) in [6, 6.07) is 7.77. The van der Waals surface area contributed by atoms with Gasteiger partial charge in [0.05, 0.1) is 28.7 Å². The lowest BCUT2D eigenvalue weighted by Crippen LogP contribution is -2.30. The lowest BCUT2D eigenvalue weighted by Gasteiger charge is -2.29. The van der Waals surface area contributed by atoms with Crippen molar-refractivity contribution in [2.24, 2.45) is 0 Å². The fourth-order valence-corrected chi connectivity index (χ4v) is 2.74. The quantitative estimate of drug-likeness (QED) is 0.940. The van der Waals surface area contributed by atoms with Crippen molar-refractivity contribution >= 4 is 11.7 Å². The summed E-state index contributed by atoms with van der Waals surface area (Å²) in [5.41, 5.74) is 2.34. The van der Waals surface area contributed by atoms with Crippen LogP contribution in [0.3, 0.4) is 0 Å². The average molecular weight is 296 g/mol. The van der Waals surface area contributed by atoms with E-state index in [4.69, 9.17) is 5.11 Å². The highest BCUT2D eigenvalue weighted by molar-refractivity contribution is 5.87. The molecule has 0 spiro atoms. The maximum absolute atomic E-state index is 10.9. The Labute approximate surface area is 128 Å². The zero-order chi connectivity index (χ0) is 15.5. The number of hydrogen-bond donors (Lipinski definition) is 1. The van der Waals surface area contributed by atoms with Gasteiger partial charge in [-0.25, -0.2) is 9.48 Å². The summed E-state index contributed by atoms with van der Waals surface area (Å²) in [4.78, 5) is 13.2. The van der Waals surface area contributed by atoms with Crippen molar-refractivity contribution in [1.82, 2.24) is 9.78 Å². The first-order valence-electron chi connectivity index (χ1n) is 7.26. The number of carboxylic acid groups (broad SMARTS) is 1. The van der Waals surface area contributed by atoms with Gasteiger partial charge < -0.3 is 10.0 Å². The van der Waals surface area contributed by atoms with E-state index < -0.39 is 5.97 Å². The van der Waals surface area contributed by atoms with Crippen LogP contribution < -0.4 is 4.90 Å². The first kappa shape index (κ1) is 14.1. The molecule has 2 aromatic rings. The van der Waals surface area contributed by atoms with Gasteiger partial charge in [-0.05, 0) is 37.5 Å². The summed E-state index contributed by atoms with van der Waals surface area (Å²) < 4.78 is 1.48. The van der Waals surface area contributed by atoms with Crippen molar-refractivity contribution < 1.29 is 9.90 Å². The van der Waals surface area contributed by atoms with Crippen molar-refractivity contribution in [3.05, 3.63) is 41.7 Å². The van der Waals surface area contributed by atoms with Gasteiger partial charge in [-0.15, -0.1) is 0 Å². The molecule has 1 N–H and O–H groups in total. The van der Waals surface area contributed by atoms with Crippen LogP contribution in [0.4, 0.5) is 5.69 Å². The van der Waals surface area contributed by atoms with Crippen LogP contribution in [0.5, 0.6) is 0 Å². The average Bonchev–Trinajstić information content (AvgIpc) is 3.05. The van der Waals surface area contributed by atoms with Crippen LogP contribution in [0.2, 0.25) is 0 Å². The molecule has 0 radical (unpaired) electrons. The van der Waals surface area contributed by atoms with Crippen LogP contribution in [-0.4, -0.2) is 33.9 Å². The number of aromatic nitrogens is 2. The van der Waals surface area contributed by atoms with Crippen LogP contribution in [0.1, 0.15) is 35.2 Å². The molecule has 1 aliphatic rings. The molecule has 1 aromatic heterocycles. The van der Waals surface area contributed by atoms with Gasteiger partial charge >= 0.3 is 5.97 Å². The van der Waals surface area contributed by atoms with Crippen LogP contribution in [0.15, 0.2) is 30.6 Å². The Morgan fingerprint density at radius 2 is 2.05 bits per heavy atom. The minimum atomic E-state index is -1.02. The molecule has 1 aromatic carbocycles. The van der Waals surface area contributed by atoms with Crippen LogP contribution in [0, 0.1) is 11.3 Å². The van der Waals surface area contributed by atoms with Crippen molar-refractivity contribution in [2.45, 2.75) is 19.3 Å².